The standard InChI is InChI=1S/C17H18NO2/c1-11-16(13(3)19)10-17(14(4)20)12(2)18(11)15-8-6-5-7-9-15/h5-10H,1-4H3/q+1. The number of nitrogens with zero attached hydrogens (tertiary/aromatic N) is 1. The quantitative estimate of drug-likeness (QED) is 0.634. The number of hydrogen-bond donors (Lipinski definition) is 0. The maximum absolute atomic E-state index is 11.8. The van der Waals surface area contributed by atoms with Gasteiger partial charge in [-0.2, -0.15) is 4.57 Å². The SMILES string of the molecule is CC(=O)c1cc(C(C)=O)c(C)[n+](-c2ccccc2)c1C. The van der Waals surface area contributed by atoms with Crippen molar-refractivity contribution in [1.29, 1.82) is 0 Å². The summed E-state index contributed by atoms with van der Waals surface area (Å²) in [5.74, 6) is -0.0654. The zero-order valence-corrected chi connectivity index (χ0v) is 12.2. The van der Waals surface area contributed by atoms with Crippen LogP contribution in [-0.4, -0.2) is 11.6 Å². The van der Waals surface area contributed by atoms with Crippen LogP contribution in [0.1, 0.15) is 46.0 Å². The average molecular weight is 268 g/mol. The summed E-state index contributed by atoms with van der Waals surface area (Å²) in [6.45, 7) is 6.86. The van der Waals surface area contributed by atoms with Gasteiger partial charge in [-0.05, 0) is 19.9 Å². The van der Waals surface area contributed by atoms with Crippen LogP contribution in [0.5, 0.6) is 0 Å². The summed E-state index contributed by atoms with van der Waals surface area (Å²) in [6.07, 6.45) is 0. The normalized spacial score (nSPS) is 10.4. The lowest BCUT2D eigenvalue weighted by atomic mass is 10.0. The summed E-state index contributed by atoms with van der Waals surface area (Å²) in [5.41, 5.74) is 3.83. The third kappa shape index (κ3) is 2.39. The lowest BCUT2D eigenvalue weighted by Gasteiger charge is -2.09. The summed E-state index contributed by atoms with van der Waals surface area (Å²) in [7, 11) is 0. The number of carbonyl (C=O) groups is 2. The van der Waals surface area contributed by atoms with E-state index in [0.717, 1.165) is 17.1 Å². The fraction of sp³-hybridized carbons (Fsp3) is 0.235. The molecule has 2 aromatic rings. The van der Waals surface area contributed by atoms with Crippen LogP contribution < -0.4 is 4.57 Å². The Balaban J connectivity index is 2.85. The van der Waals surface area contributed by atoms with Gasteiger partial charge in [0.15, 0.2) is 23.0 Å². The Kier molecular flexibility index (Phi) is 3.79. The van der Waals surface area contributed by atoms with Crippen LogP contribution in [0.25, 0.3) is 5.69 Å². The number of Topliss-reactive ketones (excluding diaryl/α,β-unsaturated/α-hetero) is 2. The molecule has 1 aromatic heterocycles. The molecule has 20 heavy (non-hydrogen) atoms. The van der Waals surface area contributed by atoms with Crippen molar-refractivity contribution < 1.29 is 14.2 Å². The monoisotopic (exact) mass is 268 g/mol. The first-order chi connectivity index (χ1) is 9.43. The van der Waals surface area contributed by atoms with Gasteiger partial charge in [0, 0.05) is 26.0 Å². The second-order valence-electron chi connectivity index (χ2n) is 4.93. The van der Waals surface area contributed by atoms with Crippen LogP contribution in [-0.2, 0) is 0 Å². The molecular weight excluding hydrogens is 250 g/mol. The molecule has 0 bridgehead atoms. The third-order valence-corrected chi connectivity index (χ3v) is 3.51. The van der Waals surface area contributed by atoms with Gasteiger partial charge in [0.25, 0.3) is 0 Å². The molecule has 0 fully saturated rings. The van der Waals surface area contributed by atoms with Crippen LogP contribution in [0.2, 0.25) is 0 Å². The van der Waals surface area contributed by atoms with Crippen molar-refractivity contribution in [2.24, 2.45) is 0 Å². The molecule has 1 aromatic carbocycles. The van der Waals surface area contributed by atoms with Gasteiger partial charge in [-0.25, -0.2) is 0 Å². The molecule has 102 valence electrons. The largest absolute Gasteiger partial charge is 0.294 e. The molecule has 0 aliphatic heterocycles. The van der Waals surface area contributed by atoms with Crippen LogP contribution >= 0.6 is 0 Å². The summed E-state index contributed by atoms with van der Waals surface area (Å²) >= 11 is 0. The summed E-state index contributed by atoms with van der Waals surface area (Å²) in [5, 5.41) is 0. The van der Waals surface area contributed by atoms with Gasteiger partial charge in [0.05, 0.1) is 11.1 Å². The van der Waals surface area contributed by atoms with Crippen molar-refractivity contribution in [3.8, 4) is 5.69 Å². The van der Waals surface area contributed by atoms with Crippen LogP contribution in [0, 0.1) is 13.8 Å². The molecule has 0 atom stereocenters. The Hall–Kier alpha value is -2.29. The van der Waals surface area contributed by atoms with Gasteiger partial charge in [-0.1, -0.05) is 18.2 Å². The van der Waals surface area contributed by atoms with Crippen molar-refractivity contribution >= 4 is 11.6 Å². The fourth-order valence-electron chi connectivity index (χ4n) is 2.52. The molecule has 0 N–H and O–H groups in total. The molecular formula is C17H18NO2+. The van der Waals surface area contributed by atoms with Crippen molar-refractivity contribution in [3.05, 3.63) is 58.9 Å². The molecule has 0 spiro atoms. The van der Waals surface area contributed by atoms with E-state index >= 15 is 0 Å². The molecule has 0 aliphatic rings. The minimum absolute atomic E-state index is 0.0327. The number of pyridine rings is 1. The first kappa shape index (κ1) is 14.1. The maximum Gasteiger partial charge on any atom is 0.211 e. The van der Waals surface area contributed by atoms with Gasteiger partial charge in [0.2, 0.25) is 5.69 Å². The third-order valence-electron chi connectivity index (χ3n) is 3.51. The van der Waals surface area contributed by atoms with Crippen molar-refractivity contribution in [2.45, 2.75) is 27.7 Å². The van der Waals surface area contributed by atoms with E-state index in [-0.39, 0.29) is 11.6 Å². The Labute approximate surface area is 118 Å². The van der Waals surface area contributed by atoms with E-state index < -0.39 is 0 Å². The highest BCUT2D eigenvalue weighted by molar-refractivity contribution is 6.00. The summed E-state index contributed by atoms with van der Waals surface area (Å²) in [4.78, 5) is 23.6. The summed E-state index contributed by atoms with van der Waals surface area (Å²) < 4.78 is 1.97. The van der Waals surface area contributed by atoms with Gasteiger partial charge in [-0.3, -0.25) is 9.59 Å². The molecule has 3 nitrogen and oxygen atoms in total. The first-order valence-corrected chi connectivity index (χ1v) is 6.57. The Bertz CT molecular complexity index is 650. The Morgan fingerprint density at radius 2 is 1.30 bits per heavy atom. The first-order valence-electron chi connectivity index (χ1n) is 6.57. The van der Waals surface area contributed by atoms with Crippen molar-refractivity contribution in [1.82, 2.24) is 0 Å². The zero-order valence-electron chi connectivity index (χ0n) is 12.2. The van der Waals surface area contributed by atoms with Crippen molar-refractivity contribution in [2.75, 3.05) is 0 Å². The number of hydrogen-bond acceptors (Lipinski definition) is 2. The van der Waals surface area contributed by atoms with Gasteiger partial charge in [-0.15, -0.1) is 0 Å². The molecule has 0 aliphatic carbocycles. The van der Waals surface area contributed by atoms with E-state index in [2.05, 4.69) is 0 Å². The topological polar surface area (TPSA) is 38.0 Å². The molecule has 0 saturated carbocycles. The van der Waals surface area contributed by atoms with E-state index in [4.69, 9.17) is 0 Å². The highest BCUT2D eigenvalue weighted by Gasteiger charge is 2.25. The minimum atomic E-state index is -0.0327. The molecule has 3 heteroatoms. The number of benzene rings is 1. The van der Waals surface area contributed by atoms with Crippen LogP contribution in [0.3, 0.4) is 0 Å². The maximum atomic E-state index is 11.8. The molecule has 0 amide bonds. The Morgan fingerprint density at radius 1 is 0.850 bits per heavy atom. The van der Waals surface area contributed by atoms with E-state index in [1.165, 1.54) is 13.8 Å². The fourth-order valence-corrected chi connectivity index (χ4v) is 2.52. The molecule has 1 heterocycles. The molecule has 0 saturated heterocycles. The van der Waals surface area contributed by atoms with Crippen LogP contribution in [0.15, 0.2) is 36.4 Å². The number of aromatic nitrogens is 1. The number of carbonyl (C=O) groups excluding carboxylic acids is 2. The second kappa shape index (κ2) is 5.37. The predicted octanol–water partition coefficient (Wildman–Crippen LogP) is 2.99. The zero-order chi connectivity index (χ0) is 14.9. The molecule has 0 radical (unpaired) electrons. The highest BCUT2D eigenvalue weighted by Crippen LogP contribution is 2.15. The highest BCUT2D eigenvalue weighted by atomic mass is 16.1. The van der Waals surface area contributed by atoms with Gasteiger partial charge >= 0.3 is 0 Å². The van der Waals surface area contributed by atoms with E-state index in [1.54, 1.807) is 6.07 Å². The van der Waals surface area contributed by atoms with Crippen LogP contribution in [0.4, 0.5) is 0 Å². The van der Waals surface area contributed by atoms with Crippen molar-refractivity contribution in [3.63, 3.8) is 0 Å². The molecule has 0 unspecified atom stereocenters. The minimum Gasteiger partial charge on any atom is -0.294 e. The van der Waals surface area contributed by atoms with E-state index in [0.29, 0.717) is 11.1 Å². The predicted molar refractivity (Wildman–Crippen MR) is 77.5 cm³/mol. The molecule has 2 rings (SSSR count). The number of ketones is 2. The summed E-state index contributed by atoms with van der Waals surface area (Å²) in [6, 6.07) is 11.5. The van der Waals surface area contributed by atoms with Gasteiger partial charge < -0.3 is 0 Å². The number of para-hydroxylation sites is 1. The number of rotatable bonds is 3. The smallest absolute Gasteiger partial charge is 0.211 e. The van der Waals surface area contributed by atoms with E-state index in [9.17, 15) is 9.59 Å². The Morgan fingerprint density at radius 3 is 1.70 bits per heavy atom. The second-order valence-corrected chi connectivity index (χ2v) is 4.93. The van der Waals surface area contributed by atoms with E-state index in [1.807, 2.05) is 48.7 Å². The average Bonchev–Trinajstić information content (AvgIpc) is 2.39. The lowest BCUT2D eigenvalue weighted by Crippen LogP contribution is -2.40. The lowest BCUT2D eigenvalue weighted by molar-refractivity contribution is -0.609. The van der Waals surface area contributed by atoms with Gasteiger partial charge in [0.1, 0.15) is 0 Å².